The number of rotatable bonds is 10. The van der Waals surface area contributed by atoms with Gasteiger partial charge >= 0.3 is 0 Å². The lowest BCUT2D eigenvalue weighted by molar-refractivity contribution is -0.118. The first-order valence-corrected chi connectivity index (χ1v) is 9.83. The first kappa shape index (κ1) is 19.8. The minimum atomic E-state index is -0.294. The Bertz CT molecular complexity index is 894. The molecule has 146 valence electrons. The molecule has 0 saturated heterocycles. The van der Waals surface area contributed by atoms with Gasteiger partial charge in [-0.2, -0.15) is 0 Å². The number of amides is 1. The summed E-state index contributed by atoms with van der Waals surface area (Å²) in [6.45, 7) is 6.60. The quantitative estimate of drug-likeness (QED) is 0.415. The molecular formula is C20H22N4O3S. The van der Waals surface area contributed by atoms with Crippen LogP contribution in [-0.4, -0.2) is 26.4 Å². The third-order valence-corrected chi connectivity index (χ3v) is 4.82. The summed E-state index contributed by atoms with van der Waals surface area (Å²) < 4.78 is 13.1. The number of ether oxygens (including phenoxy) is 1. The van der Waals surface area contributed by atoms with Crippen molar-refractivity contribution in [1.29, 1.82) is 0 Å². The summed E-state index contributed by atoms with van der Waals surface area (Å²) in [5.41, 5.74) is 0. The molecule has 1 unspecified atom stereocenters. The molecule has 0 aliphatic carbocycles. The van der Waals surface area contributed by atoms with Crippen LogP contribution in [-0.2, 0) is 17.9 Å². The number of hydrogen-bond acceptors (Lipinski definition) is 6. The molecule has 1 aromatic carbocycles. The van der Waals surface area contributed by atoms with Gasteiger partial charge in [-0.25, -0.2) is 0 Å². The maximum absolute atomic E-state index is 12.1. The number of carbonyl (C=O) groups excluding carboxylic acids is 1. The second-order valence-corrected chi connectivity index (χ2v) is 6.90. The average Bonchev–Trinajstić information content (AvgIpc) is 3.36. The fourth-order valence-electron chi connectivity index (χ4n) is 2.54. The van der Waals surface area contributed by atoms with Gasteiger partial charge in [-0.15, -0.1) is 16.8 Å². The Labute approximate surface area is 167 Å². The number of para-hydroxylation sites is 1. The summed E-state index contributed by atoms with van der Waals surface area (Å²) in [4.78, 5) is 12.1. The van der Waals surface area contributed by atoms with Crippen molar-refractivity contribution in [3.63, 3.8) is 0 Å². The lowest BCUT2D eigenvalue weighted by atomic mass is 10.3. The van der Waals surface area contributed by atoms with Crippen LogP contribution in [0.2, 0.25) is 0 Å². The Hall–Kier alpha value is -3.00. The second kappa shape index (κ2) is 9.80. The molecule has 0 saturated carbocycles. The van der Waals surface area contributed by atoms with Crippen molar-refractivity contribution in [3.8, 4) is 5.75 Å². The van der Waals surface area contributed by atoms with Crippen molar-refractivity contribution in [2.45, 2.75) is 31.3 Å². The van der Waals surface area contributed by atoms with Gasteiger partial charge < -0.3 is 14.5 Å². The van der Waals surface area contributed by atoms with Crippen molar-refractivity contribution >= 4 is 17.7 Å². The van der Waals surface area contributed by atoms with Crippen LogP contribution in [0.5, 0.6) is 5.75 Å². The molecule has 2 aromatic heterocycles. The minimum absolute atomic E-state index is 0.107. The van der Waals surface area contributed by atoms with Gasteiger partial charge in [-0.05, 0) is 31.2 Å². The van der Waals surface area contributed by atoms with Crippen molar-refractivity contribution in [2.75, 3.05) is 5.75 Å². The van der Waals surface area contributed by atoms with Crippen LogP contribution in [0.3, 0.4) is 0 Å². The van der Waals surface area contributed by atoms with Gasteiger partial charge in [-0.3, -0.25) is 9.36 Å². The van der Waals surface area contributed by atoms with E-state index in [0.29, 0.717) is 29.8 Å². The van der Waals surface area contributed by atoms with E-state index in [2.05, 4.69) is 22.1 Å². The molecule has 7 nitrogen and oxygen atoms in total. The van der Waals surface area contributed by atoms with Crippen LogP contribution in [0, 0.1) is 0 Å². The summed E-state index contributed by atoms with van der Waals surface area (Å²) in [6, 6.07) is 13.2. The highest BCUT2D eigenvalue weighted by Gasteiger charge is 2.19. The molecule has 28 heavy (non-hydrogen) atoms. The number of allylic oxidation sites excluding steroid dienone is 1. The second-order valence-electron chi connectivity index (χ2n) is 5.96. The highest BCUT2D eigenvalue weighted by molar-refractivity contribution is 7.99. The Morgan fingerprint density at radius 2 is 2.14 bits per heavy atom. The molecule has 3 aromatic rings. The standard InChI is InChI=1S/C20H22N4O3S/c1-3-11-24-19(15(2)27-16-8-5-4-6-9-16)22-23-20(24)28-14-18(25)21-13-17-10-7-12-26-17/h3-10,12,15H,1,11,13-14H2,2H3,(H,21,25). The van der Waals surface area contributed by atoms with E-state index >= 15 is 0 Å². The van der Waals surface area contributed by atoms with E-state index in [1.807, 2.05) is 47.9 Å². The predicted octanol–water partition coefficient (Wildman–Crippen LogP) is 3.61. The van der Waals surface area contributed by atoms with Crippen LogP contribution in [0.25, 0.3) is 0 Å². The van der Waals surface area contributed by atoms with Crippen molar-refractivity contribution in [3.05, 3.63) is 73.0 Å². The largest absolute Gasteiger partial charge is 0.483 e. The van der Waals surface area contributed by atoms with Gasteiger partial charge in [0.2, 0.25) is 5.91 Å². The number of hydrogen-bond donors (Lipinski definition) is 1. The summed E-state index contributed by atoms with van der Waals surface area (Å²) in [7, 11) is 0. The Kier molecular flexibility index (Phi) is 6.91. The lowest BCUT2D eigenvalue weighted by Gasteiger charge is -2.15. The van der Waals surface area contributed by atoms with E-state index in [0.717, 1.165) is 5.75 Å². The van der Waals surface area contributed by atoms with Gasteiger partial charge in [0.25, 0.3) is 0 Å². The van der Waals surface area contributed by atoms with Crippen molar-refractivity contribution in [2.24, 2.45) is 0 Å². The zero-order chi connectivity index (χ0) is 19.8. The number of furan rings is 1. The van der Waals surface area contributed by atoms with Crippen LogP contribution >= 0.6 is 11.8 Å². The fraction of sp³-hybridized carbons (Fsp3) is 0.250. The van der Waals surface area contributed by atoms with Gasteiger partial charge in [0.05, 0.1) is 18.6 Å². The van der Waals surface area contributed by atoms with E-state index < -0.39 is 0 Å². The summed E-state index contributed by atoms with van der Waals surface area (Å²) in [5.74, 6) is 2.27. The topological polar surface area (TPSA) is 82.2 Å². The van der Waals surface area contributed by atoms with Crippen LogP contribution in [0.1, 0.15) is 24.6 Å². The minimum Gasteiger partial charge on any atom is -0.483 e. The Morgan fingerprint density at radius 1 is 1.32 bits per heavy atom. The maximum Gasteiger partial charge on any atom is 0.230 e. The number of benzene rings is 1. The number of aromatic nitrogens is 3. The van der Waals surface area contributed by atoms with Crippen LogP contribution in [0.15, 0.2) is 71.0 Å². The van der Waals surface area contributed by atoms with Crippen LogP contribution in [0.4, 0.5) is 0 Å². The monoisotopic (exact) mass is 398 g/mol. The molecule has 0 aliphatic heterocycles. The molecule has 2 heterocycles. The summed E-state index contributed by atoms with van der Waals surface area (Å²) >= 11 is 1.32. The van der Waals surface area contributed by atoms with E-state index in [-0.39, 0.29) is 17.8 Å². The zero-order valence-corrected chi connectivity index (χ0v) is 16.4. The zero-order valence-electron chi connectivity index (χ0n) is 15.6. The van der Waals surface area contributed by atoms with Gasteiger partial charge in [0, 0.05) is 6.54 Å². The number of nitrogens with zero attached hydrogens (tertiary/aromatic N) is 3. The molecule has 0 fully saturated rings. The molecule has 0 spiro atoms. The third kappa shape index (κ3) is 5.26. The number of thioether (sulfide) groups is 1. The summed E-state index contributed by atoms with van der Waals surface area (Å²) in [6.07, 6.45) is 3.05. The smallest absolute Gasteiger partial charge is 0.230 e. The predicted molar refractivity (Wildman–Crippen MR) is 107 cm³/mol. The SMILES string of the molecule is C=CCn1c(SCC(=O)NCc2ccco2)nnc1C(C)Oc1ccccc1. The first-order valence-electron chi connectivity index (χ1n) is 8.85. The number of nitrogens with one attached hydrogen (secondary N) is 1. The Balaban J connectivity index is 1.61. The molecule has 1 atom stereocenters. The Morgan fingerprint density at radius 3 is 2.86 bits per heavy atom. The van der Waals surface area contributed by atoms with Crippen molar-refractivity contribution < 1.29 is 13.9 Å². The fourth-order valence-corrected chi connectivity index (χ4v) is 3.33. The van der Waals surface area contributed by atoms with Gasteiger partial charge in [-0.1, -0.05) is 36.0 Å². The molecule has 3 rings (SSSR count). The van der Waals surface area contributed by atoms with Crippen LogP contribution < -0.4 is 10.1 Å². The normalized spacial score (nSPS) is 11.8. The van der Waals surface area contributed by atoms with Gasteiger partial charge in [0.1, 0.15) is 11.5 Å². The summed E-state index contributed by atoms with van der Waals surface area (Å²) in [5, 5.41) is 12.0. The van der Waals surface area contributed by atoms with Gasteiger partial charge in [0.15, 0.2) is 17.1 Å². The molecule has 0 radical (unpaired) electrons. The molecule has 0 aliphatic rings. The van der Waals surface area contributed by atoms with E-state index in [1.54, 1.807) is 18.4 Å². The molecule has 8 heteroatoms. The number of carbonyl (C=O) groups is 1. The average molecular weight is 398 g/mol. The first-order chi connectivity index (χ1) is 13.7. The molecular weight excluding hydrogens is 376 g/mol. The molecule has 0 bridgehead atoms. The third-order valence-electron chi connectivity index (χ3n) is 3.85. The lowest BCUT2D eigenvalue weighted by Crippen LogP contribution is -2.24. The maximum atomic E-state index is 12.1. The molecule has 1 amide bonds. The van der Waals surface area contributed by atoms with Crippen molar-refractivity contribution in [1.82, 2.24) is 20.1 Å². The highest BCUT2D eigenvalue weighted by Crippen LogP contribution is 2.24. The molecule has 1 N–H and O–H groups in total. The highest BCUT2D eigenvalue weighted by atomic mass is 32.2. The van der Waals surface area contributed by atoms with E-state index in [9.17, 15) is 4.79 Å². The van der Waals surface area contributed by atoms with E-state index in [4.69, 9.17) is 9.15 Å². The van der Waals surface area contributed by atoms with E-state index in [1.165, 1.54) is 11.8 Å².